The maximum Gasteiger partial charge on any atom is 0.336 e. The first-order valence-corrected chi connectivity index (χ1v) is 6.06. The molecule has 5 heteroatoms. The average molecular weight is 259 g/mol. The van der Waals surface area contributed by atoms with Crippen molar-refractivity contribution in [3.63, 3.8) is 0 Å². The predicted octanol–water partition coefficient (Wildman–Crippen LogP) is 2.05. The summed E-state index contributed by atoms with van der Waals surface area (Å²) in [6.45, 7) is 3.30. The minimum absolute atomic E-state index is 0.360. The topological polar surface area (TPSA) is 69.2 Å². The van der Waals surface area contributed by atoms with Crippen LogP contribution in [0.5, 0.6) is 0 Å². The lowest BCUT2D eigenvalue weighted by Crippen LogP contribution is -2.19. The van der Waals surface area contributed by atoms with Gasteiger partial charge in [0.1, 0.15) is 0 Å². The number of nitrogens with zero attached hydrogens (tertiary/aromatic N) is 2. The normalized spacial score (nSPS) is 10.9. The van der Waals surface area contributed by atoms with Gasteiger partial charge in [-0.05, 0) is 25.6 Å². The number of benzene rings is 1. The lowest BCUT2D eigenvalue weighted by molar-refractivity contribution is 0.0694. The molecule has 100 valence electrons. The van der Waals surface area contributed by atoms with Gasteiger partial charge in [0.25, 0.3) is 0 Å². The zero-order valence-electron chi connectivity index (χ0n) is 11.1. The number of hydrogen-bond donors (Lipinski definition) is 2. The Kier molecular flexibility index (Phi) is 3.97. The standard InChI is InChI=1S/C14H17N3O2/c1-10-12(7-15-16-10)9-17(2)8-11-5-3-4-6-13(11)14(18)19/h3-7H,8-9H2,1-2H3,(H,15,16)(H,18,19). The summed E-state index contributed by atoms with van der Waals surface area (Å²) in [4.78, 5) is 13.2. The Balaban J connectivity index is 2.09. The van der Waals surface area contributed by atoms with Crippen LogP contribution in [0.1, 0.15) is 27.2 Å². The second-order valence-electron chi connectivity index (χ2n) is 4.65. The van der Waals surface area contributed by atoms with E-state index in [0.29, 0.717) is 12.1 Å². The third kappa shape index (κ3) is 3.20. The van der Waals surface area contributed by atoms with E-state index in [2.05, 4.69) is 15.1 Å². The Morgan fingerprint density at radius 2 is 2.00 bits per heavy atom. The second kappa shape index (κ2) is 5.67. The van der Waals surface area contributed by atoms with E-state index in [4.69, 9.17) is 5.11 Å². The van der Waals surface area contributed by atoms with Gasteiger partial charge in [-0.15, -0.1) is 0 Å². The molecule has 0 saturated heterocycles. The van der Waals surface area contributed by atoms with Crippen LogP contribution in [-0.2, 0) is 13.1 Å². The Labute approximate surface area is 111 Å². The van der Waals surface area contributed by atoms with Crippen molar-refractivity contribution in [2.45, 2.75) is 20.0 Å². The van der Waals surface area contributed by atoms with Crippen molar-refractivity contribution in [3.8, 4) is 0 Å². The lowest BCUT2D eigenvalue weighted by atomic mass is 10.1. The highest BCUT2D eigenvalue weighted by Crippen LogP contribution is 2.13. The van der Waals surface area contributed by atoms with Gasteiger partial charge in [-0.3, -0.25) is 10.00 Å². The molecular weight excluding hydrogens is 242 g/mol. The van der Waals surface area contributed by atoms with Crippen LogP contribution >= 0.6 is 0 Å². The number of aromatic amines is 1. The maximum absolute atomic E-state index is 11.1. The zero-order valence-corrected chi connectivity index (χ0v) is 11.1. The maximum atomic E-state index is 11.1. The predicted molar refractivity (Wildman–Crippen MR) is 71.9 cm³/mol. The summed E-state index contributed by atoms with van der Waals surface area (Å²) in [5.41, 5.74) is 3.34. The molecule has 0 fully saturated rings. The van der Waals surface area contributed by atoms with Gasteiger partial charge in [0.05, 0.1) is 11.8 Å². The van der Waals surface area contributed by atoms with Crippen LogP contribution in [0.15, 0.2) is 30.5 Å². The van der Waals surface area contributed by atoms with Crippen molar-refractivity contribution >= 4 is 5.97 Å². The van der Waals surface area contributed by atoms with Gasteiger partial charge in [-0.1, -0.05) is 18.2 Å². The molecule has 2 aromatic rings. The largest absolute Gasteiger partial charge is 0.478 e. The van der Waals surface area contributed by atoms with E-state index in [-0.39, 0.29) is 0 Å². The molecule has 0 bridgehead atoms. The monoisotopic (exact) mass is 259 g/mol. The van der Waals surface area contributed by atoms with E-state index >= 15 is 0 Å². The first-order chi connectivity index (χ1) is 9.08. The molecule has 19 heavy (non-hydrogen) atoms. The fourth-order valence-corrected chi connectivity index (χ4v) is 2.04. The van der Waals surface area contributed by atoms with Gasteiger partial charge in [0.2, 0.25) is 0 Å². The molecule has 0 unspecified atom stereocenters. The molecule has 0 aliphatic rings. The minimum atomic E-state index is -0.886. The molecule has 0 spiro atoms. The fourth-order valence-electron chi connectivity index (χ4n) is 2.04. The molecule has 0 aliphatic carbocycles. The molecule has 0 saturated carbocycles. The number of carbonyl (C=O) groups is 1. The van der Waals surface area contributed by atoms with E-state index in [9.17, 15) is 4.79 Å². The van der Waals surface area contributed by atoms with Gasteiger partial charge >= 0.3 is 5.97 Å². The third-order valence-electron chi connectivity index (χ3n) is 3.06. The third-order valence-corrected chi connectivity index (χ3v) is 3.06. The van der Waals surface area contributed by atoms with Gasteiger partial charge in [-0.25, -0.2) is 4.79 Å². The van der Waals surface area contributed by atoms with Crippen LogP contribution in [0.4, 0.5) is 0 Å². The molecular formula is C14H17N3O2. The lowest BCUT2D eigenvalue weighted by Gasteiger charge is -2.17. The van der Waals surface area contributed by atoms with E-state index in [1.807, 2.05) is 26.1 Å². The van der Waals surface area contributed by atoms with Crippen LogP contribution in [0.2, 0.25) is 0 Å². The van der Waals surface area contributed by atoms with Crippen molar-refractivity contribution in [1.29, 1.82) is 0 Å². The number of H-pyrrole nitrogens is 1. The summed E-state index contributed by atoms with van der Waals surface area (Å²) >= 11 is 0. The highest BCUT2D eigenvalue weighted by atomic mass is 16.4. The van der Waals surface area contributed by atoms with Crippen molar-refractivity contribution in [2.24, 2.45) is 0 Å². The number of carboxylic acid groups (broad SMARTS) is 1. The Bertz CT molecular complexity index is 578. The molecule has 0 amide bonds. The Morgan fingerprint density at radius 1 is 1.32 bits per heavy atom. The summed E-state index contributed by atoms with van der Waals surface area (Å²) in [6.07, 6.45) is 1.80. The number of carboxylic acids is 1. The molecule has 2 rings (SSSR count). The molecule has 1 heterocycles. The summed E-state index contributed by atoms with van der Waals surface area (Å²) < 4.78 is 0. The van der Waals surface area contributed by atoms with Crippen LogP contribution in [0, 0.1) is 6.92 Å². The average Bonchev–Trinajstić information content (AvgIpc) is 2.75. The quantitative estimate of drug-likeness (QED) is 0.862. The van der Waals surface area contributed by atoms with E-state index in [1.54, 1.807) is 18.3 Å². The molecule has 0 aliphatic heterocycles. The van der Waals surface area contributed by atoms with Crippen LogP contribution in [0.3, 0.4) is 0 Å². The van der Waals surface area contributed by atoms with E-state index < -0.39 is 5.97 Å². The SMILES string of the molecule is Cc1[nH]ncc1CN(C)Cc1ccccc1C(=O)O. The number of aromatic carboxylic acids is 1. The molecule has 0 radical (unpaired) electrons. The van der Waals surface area contributed by atoms with Gasteiger partial charge in [0, 0.05) is 24.3 Å². The van der Waals surface area contributed by atoms with E-state index in [0.717, 1.165) is 23.4 Å². The van der Waals surface area contributed by atoms with Crippen molar-refractivity contribution in [1.82, 2.24) is 15.1 Å². The first kappa shape index (κ1) is 13.3. The minimum Gasteiger partial charge on any atom is -0.478 e. The van der Waals surface area contributed by atoms with E-state index in [1.165, 1.54) is 0 Å². The Morgan fingerprint density at radius 3 is 2.63 bits per heavy atom. The van der Waals surface area contributed by atoms with Crippen LogP contribution in [0.25, 0.3) is 0 Å². The fraction of sp³-hybridized carbons (Fsp3) is 0.286. The number of nitrogens with one attached hydrogen (secondary N) is 1. The molecule has 2 N–H and O–H groups in total. The summed E-state index contributed by atoms with van der Waals surface area (Å²) in [7, 11) is 1.96. The zero-order chi connectivity index (χ0) is 13.8. The highest BCUT2D eigenvalue weighted by molar-refractivity contribution is 5.89. The summed E-state index contributed by atoms with van der Waals surface area (Å²) in [5, 5.41) is 16.0. The van der Waals surface area contributed by atoms with Crippen molar-refractivity contribution < 1.29 is 9.90 Å². The number of rotatable bonds is 5. The summed E-state index contributed by atoms with van der Waals surface area (Å²) in [5.74, 6) is -0.886. The number of hydrogen-bond acceptors (Lipinski definition) is 3. The highest BCUT2D eigenvalue weighted by Gasteiger charge is 2.11. The molecule has 1 aromatic heterocycles. The van der Waals surface area contributed by atoms with Crippen molar-refractivity contribution in [3.05, 3.63) is 52.8 Å². The molecule has 1 aromatic carbocycles. The smallest absolute Gasteiger partial charge is 0.336 e. The number of aromatic nitrogens is 2. The number of aryl methyl sites for hydroxylation is 1. The molecule has 5 nitrogen and oxygen atoms in total. The van der Waals surface area contributed by atoms with Crippen LogP contribution in [-0.4, -0.2) is 33.2 Å². The Hall–Kier alpha value is -2.14. The van der Waals surface area contributed by atoms with Gasteiger partial charge in [0.15, 0.2) is 0 Å². The molecule has 0 atom stereocenters. The second-order valence-corrected chi connectivity index (χ2v) is 4.65. The first-order valence-electron chi connectivity index (χ1n) is 6.06. The van der Waals surface area contributed by atoms with Crippen LogP contribution < -0.4 is 0 Å². The van der Waals surface area contributed by atoms with Crippen molar-refractivity contribution in [2.75, 3.05) is 7.05 Å². The summed E-state index contributed by atoms with van der Waals surface area (Å²) in [6, 6.07) is 7.09. The van der Waals surface area contributed by atoms with Gasteiger partial charge < -0.3 is 5.11 Å². The van der Waals surface area contributed by atoms with Gasteiger partial charge in [-0.2, -0.15) is 5.10 Å².